The monoisotopic (exact) mass is 339 g/mol. The van der Waals surface area contributed by atoms with Crippen LogP contribution in [0, 0.1) is 0 Å². The number of carbonyl (C=O) groups excluding carboxylic acids is 1. The molecule has 4 rings (SSSR count). The molecule has 0 spiro atoms. The molecule has 24 heavy (non-hydrogen) atoms. The number of thiazole rings is 1. The minimum Gasteiger partial charge on any atom is -0.454 e. The molecule has 0 saturated heterocycles. The lowest BCUT2D eigenvalue weighted by molar-refractivity contribution is 0.0962. The first-order valence-electron chi connectivity index (χ1n) is 7.26. The van der Waals surface area contributed by atoms with Crippen LogP contribution in [0.5, 0.6) is 11.5 Å². The Balaban J connectivity index is 1.42. The van der Waals surface area contributed by atoms with Gasteiger partial charge in [-0.15, -0.1) is 11.3 Å². The molecule has 1 aromatic heterocycles. The molecule has 0 atom stereocenters. The zero-order valence-corrected chi connectivity index (χ0v) is 13.3. The summed E-state index contributed by atoms with van der Waals surface area (Å²) in [6.45, 7) is 0.181. The van der Waals surface area contributed by atoms with E-state index < -0.39 is 0 Å². The number of benzene rings is 2. The molecule has 2 heterocycles. The molecule has 7 heteroatoms. The lowest BCUT2D eigenvalue weighted by Gasteiger charge is -2.06. The quantitative estimate of drug-likeness (QED) is 0.714. The molecule has 0 fully saturated rings. The number of nitrogens with one attached hydrogen (secondary N) is 2. The number of rotatable bonds is 4. The first-order chi connectivity index (χ1) is 11.8. The van der Waals surface area contributed by atoms with Crippen molar-refractivity contribution in [3.8, 4) is 22.8 Å². The number of ether oxygens (including phenoxy) is 2. The minimum absolute atomic E-state index is 0.181. The van der Waals surface area contributed by atoms with Crippen LogP contribution in [0.2, 0.25) is 0 Å². The van der Waals surface area contributed by atoms with Gasteiger partial charge in [-0.1, -0.05) is 30.3 Å². The minimum atomic E-state index is -0.273. The van der Waals surface area contributed by atoms with Crippen LogP contribution in [0.1, 0.15) is 10.4 Å². The molecule has 3 aromatic rings. The van der Waals surface area contributed by atoms with E-state index in [1.165, 1.54) is 11.3 Å². The smallest absolute Gasteiger partial charge is 0.269 e. The van der Waals surface area contributed by atoms with E-state index in [0.29, 0.717) is 22.2 Å². The van der Waals surface area contributed by atoms with Crippen LogP contribution < -0.4 is 20.3 Å². The molecule has 120 valence electrons. The third-order valence-electron chi connectivity index (χ3n) is 3.49. The van der Waals surface area contributed by atoms with E-state index in [0.717, 1.165) is 11.3 Å². The van der Waals surface area contributed by atoms with E-state index in [1.54, 1.807) is 18.2 Å². The molecule has 6 nitrogen and oxygen atoms in total. The van der Waals surface area contributed by atoms with Gasteiger partial charge in [0, 0.05) is 16.5 Å². The van der Waals surface area contributed by atoms with Gasteiger partial charge >= 0.3 is 0 Å². The molecule has 2 N–H and O–H groups in total. The summed E-state index contributed by atoms with van der Waals surface area (Å²) in [6.07, 6.45) is 0. The number of hydrogen-bond acceptors (Lipinski definition) is 6. The second-order valence-corrected chi connectivity index (χ2v) is 5.91. The molecule has 0 aliphatic carbocycles. The van der Waals surface area contributed by atoms with Gasteiger partial charge in [0.05, 0.1) is 5.69 Å². The number of anilines is 1. The summed E-state index contributed by atoms with van der Waals surface area (Å²) in [4.78, 5) is 16.7. The van der Waals surface area contributed by atoms with Crippen LogP contribution in [0.25, 0.3) is 11.3 Å². The summed E-state index contributed by atoms with van der Waals surface area (Å²) < 4.78 is 10.5. The topological polar surface area (TPSA) is 72.5 Å². The van der Waals surface area contributed by atoms with Crippen molar-refractivity contribution in [1.29, 1.82) is 0 Å². The van der Waals surface area contributed by atoms with E-state index in [1.807, 2.05) is 35.7 Å². The van der Waals surface area contributed by atoms with Crippen LogP contribution in [0.3, 0.4) is 0 Å². The zero-order valence-electron chi connectivity index (χ0n) is 12.5. The predicted molar refractivity (Wildman–Crippen MR) is 91.2 cm³/mol. The summed E-state index contributed by atoms with van der Waals surface area (Å²) in [5.74, 6) is 0.944. The van der Waals surface area contributed by atoms with Gasteiger partial charge < -0.3 is 9.47 Å². The lowest BCUT2D eigenvalue weighted by Crippen LogP contribution is -2.29. The van der Waals surface area contributed by atoms with Gasteiger partial charge in [0.1, 0.15) is 0 Å². The molecule has 0 unspecified atom stereocenters. The maximum Gasteiger partial charge on any atom is 0.269 e. The average molecular weight is 339 g/mol. The Morgan fingerprint density at radius 1 is 1.08 bits per heavy atom. The second-order valence-electron chi connectivity index (χ2n) is 5.05. The van der Waals surface area contributed by atoms with Gasteiger partial charge in [0.25, 0.3) is 5.91 Å². The summed E-state index contributed by atoms with van der Waals surface area (Å²) in [6, 6.07) is 14.9. The Hall–Kier alpha value is -3.06. The Morgan fingerprint density at radius 3 is 2.79 bits per heavy atom. The number of hydrogen-bond donors (Lipinski definition) is 2. The Bertz CT molecular complexity index is 880. The fourth-order valence-electron chi connectivity index (χ4n) is 2.29. The van der Waals surface area contributed by atoms with Crippen molar-refractivity contribution in [3.63, 3.8) is 0 Å². The number of fused-ring (bicyclic) bond motifs is 1. The van der Waals surface area contributed by atoms with Crippen LogP contribution in [-0.4, -0.2) is 17.7 Å². The van der Waals surface area contributed by atoms with Gasteiger partial charge in [-0.05, 0) is 18.2 Å². The highest BCUT2D eigenvalue weighted by Gasteiger charge is 2.16. The van der Waals surface area contributed by atoms with Crippen molar-refractivity contribution < 1.29 is 14.3 Å². The summed E-state index contributed by atoms with van der Waals surface area (Å²) in [7, 11) is 0. The molecule has 0 radical (unpaired) electrons. The number of amides is 1. The van der Waals surface area contributed by atoms with Crippen molar-refractivity contribution in [2.75, 3.05) is 12.2 Å². The van der Waals surface area contributed by atoms with Crippen LogP contribution in [0.15, 0.2) is 53.9 Å². The normalized spacial score (nSPS) is 12.0. The fourth-order valence-corrected chi connectivity index (χ4v) is 2.97. The highest BCUT2D eigenvalue weighted by molar-refractivity contribution is 7.14. The van der Waals surface area contributed by atoms with Crippen molar-refractivity contribution in [3.05, 3.63) is 59.5 Å². The first-order valence-corrected chi connectivity index (χ1v) is 8.14. The number of hydrazine groups is 1. The number of carbonyl (C=O) groups is 1. The largest absolute Gasteiger partial charge is 0.454 e. The van der Waals surface area contributed by atoms with E-state index >= 15 is 0 Å². The predicted octanol–water partition coefficient (Wildman–Crippen LogP) is 3.30. The Kier molecular flexibility index (Phi) is 3.76. The lowest BCUT2D eigenvalue weighted by atomic mass is 10.2. The molecular weight excluding hydrogens is 326 g/mol. The summed E-state index contributed by atoms with van der Waals surface area (Å²) in [5, 5.41) is 2.55. The van der Waals surface area contributed by atoms with Crippen molar-refractivity contribution in [1.82, 2.24) is 10.4 Å². The third kappa shape index (κ3) is 2.89. The fraction of sp³-hybridized carbons (Fsp3) is 0.0588. The highest BCUT2D eigenvalue weighted by Crippen LogP contribution is 2.32. The second kappa shape index (κ2) is 6.21. The van der Waals surface area contributed by atoms with Gasteiger partial charge in [-0.3, -0.25) is 15.6 Å². The van der Waals surface area contributed by atoms with E-state index in [4.69, 9.17) is 9.47 Å². The Morgan fingerprint density at radius 2 is 1.92 bits per heavy atom. The number of nitrogens with zero attached hydrogens (tertiary/aromatic N) is 1. The molecule has 2 aromatic carbocycles. The molecule has 0 saturated carbocycles. The summed E-state index contributed by atoms with van der Waals surface area (Å²) >= 11 is 1.42. The molecule has 1 amide bonds. The molecule has 1 aliphatic heterocycles. The molecule has 0 bridgehead atoms. The van der Waals surface area contributed by atoms with Crippen LogP contribution in [0.4, 0.5) is 5.13 Å². The average Bonchev–Trinajstić information content (AvgIpc) is 3.29. The molecular formula is C17H13N3O3S. The van der Waals surface area contributed by atoms with Crippen LogP contribution >= 0.6 is 11.3 Å². The van der Waals surface area contributed by atoms with Crippen molar-refractivity contribution in [2.24, 2.45) is 0 Å². The van der Waals surface area contributed by atoms with E-state index in [-0.39, 0.29) is 12.7 Å². The van der Waals surface area contributed by atoms with E-state index in [2.05, 4.69) is 15.8 Å². The standard InChI is InChI=1S/C17H13N3O3S/c21-16(12-6-7-14-15(8-12)23-10-22-14)19-20-17-18-13(9-24-17)11-4-2-1-3-5-11/h1-9H,10H2,(H,18,20)(H,19,21). The summed E-state index contributed by atoms with van der Waals surface area (Å²) in [5.41, 5.74) is 7.84. The van der Waals surface area contributed by atoms with Crippen molar-refractivity contribution in [2.45, 2.75) is 0 Å². The maximum absolute atomic E-state index is 12.2. The van der Waals surface area contributed by atoms with Gasteiger partial charge in [0.2, 0.25) is 11.9 Å². The first kappa shape index (κ1) is 14.5. The third-order valence-corrected chi connectivity index (χ3v) is 4.25. The van der Waals surface area contributed by atoms with Crippen LogP contribution in [-0.2, 0) is 0 Å². The maximum atomic E-state index is 12.2. The van der Waals surface area contributed by atoms with Gasteiger partial charge in [0.15, 0.2) is 11.5 Å². The van der Waals surface area contributed by atoms with Gasteiger partial charge in [-0.25, -0.2) is 4.98 Å². The zero-order chi connectivity index (χ0) is 16.4. The SMILES string of the molecule is O=C(NNc1nc(-c2ccccc2)cs1)c1ccc2c(c1)OCO2. The van der Waals surface area contributed by atoms with E-state index in [9.17, 15) is 4.79 Å². The Labute approximate surface area is 142 Å². The number of aromatic nitrogens is 1. The molecule has 1 aliphatic rings. The van der Waals surface area contributed by atoms with Gasteiger partial charge in [-0.2, -0.15) is 0 Å². The van der Waals surface area contributed by atoms with Crippen molar-refractivity contribution >= 4 is 22.4 Å². The highest BCUT2D eigenvalue weighted by atomic mass is 32.1.